The number of aromatic nitrogens is 4. The number of likely N-dealkylation sites (tertiary alicyclic amines) is 1. The molecule has 13 heteroatoms. The van der Waals surface area contributed by atoms with Crippen LogP contribution in [0.25, 0.3) is 16.6 Å². The van der Waals surface area contributed by atoms with E-state index in [4.69, 9.17) is 0 Å². The molecule has 6 rings (SSSR count). The summed E-state index contributed by atoms with van der Waals surface area (Å²) >= 11 is 0. The van der Waals surface area contributed by atoms with Crippen molar-refractivity contribution in [2.75, 3.05) is 51.2 Å². The number of aromatic amines is 1. The van der Waals surface area contributed by atoms with Gasteiger partial charge in [0.2, 0.25) is 20.8 Å². The highest BCUT2D eigenvalue weighted by Gasteiger charge is 2.38. The molecule has 0 unspecified atom stereocenters. The predicted octanol–water partition coefficient (Wildman–Crippen LogP) is 2.13. The fourth-order valence-electron chi connectivity index (χ4n) is 6.36. The number of piperidine rings is 1. The molecular weight excluding hydrogens is 580 g/mol. The molecule has 234 valence electrons. The molecule has 0 spiro atoms. The number of hydrogen-bond acceptors (Lipinski definition) is 9. The number of fused-ring (bicyclic) bond motifs is 3. The van der Waals surface area contributed by atoms with Gasteiger partial charge < -0.3 is 15.1 Å². The van der Waals surface area contributed by atoms with E-state index in [-0.39, 0.29) is 27.5 Å². The van der Waals surface area contributed by atoms with Gasteiger partial charge in [0.15, 0.2) is 5.65 Å². The van der Waals surface area contributed by atoms with Crippen molar-refractivity contribution >= 4 is 38.0 Å². The maximum absolute atomic E-state index is 13.6. The molecule has 2 aromatic heterocycles. The Morgan fingerprint density at radius 2 is 1.70 bits per heavy atom. The lowest BCUT2D eigenvalue weighted by atomic mass is 9.97. The molecule has 2 aromatic carbocycles. The van der Waals surface area contributed by atoms with Crippen LogP contribution in [0.5, 0.6) is 0 Å². The highest BCUT2D eigenvalue weighted by molar-refractivity contribution is 7.91. The molecule has 2 fully saturated rings. The van der Waals surface area contributed by atoms with E-state index in [0.717, 1.165) is 37.2 Å². The SMILES string of the molecule is Cc1ccc(S(=O)(=O)c2n[nH]n3c2nc(=O)c2ccc(N4CCN(C(C)(C)C(=O)NC5CCN(C)CC5)CC4)cc23)c(C)c1. The van der Waals surface area contributed by atoms with Gasteiger partial charge in [-0.05, 0) is 90.5 Å². The van der Waals surface area contributed by atoms with Crippen molar-refractivity contribution in [3.05, 3.63) is 57.9 Å². The van der Waals surface area contributed by atoms with Crippen molar-refractivity contribution in [1.29, 1.82) is 0 Å². The lowest BCUT2D eigenvalue weighted by molar-refractivity contribution is -0.133. The number of H-pyrrole nitrogens is 1. The quantitative estimate of drug-likeness (QED) is 0.332. The Labute approximate surface area is 256 Å². The Morgan fingerprint density at radius 1 is 1.00 bits per heavy atom. The number of carbonyl (C=O) groups is 1. The third-order valence-electron chi connectivity index (χ3n) is 9.23. The van der Waals surface area contributed by atoms with Crippen LogP contribution < -0.4 is 15.8 Å². The molecule has 12 nitrogen and oxygen atoms in total. The third-order valence-corrected chi connectivity index (χ3v) is 11.1. The number of carbonyl (C=O) groups excluding carboxylic acids is 1. The smallest absolute Gasteiger partial charge is 0.281 e. The first-order valence-electron chi connectivity index (χ1n) is 15.1. The van der Waals surface area contributed by atoms with E-state index >= 15 is 0 Å². The molecule has 2 aliphatic rings. The number of rotatable bonds is 6. The topological polar surface area (TPSA) is 136 Å². The van der Waals surface area contributed by atoms with Gasteiger partial charge in [-0.1, -0.05) is 17.7 Å². The van der Waals surface area contributed by atoms with Gasteiger partial charge in [0.05, 0.1) is 21.3 Å². The second-order valence-electron chi connectivity index (χ2n) is 12.7. The molecule has 4 heterocycles. The van der Waals surface area contributed by atoms with E-state index < -0.39 is 20.9 Å². The Kier molecular flexibility index (Phi) is 7.75. The minimum Gasteiger partial charge on any atom is -0.369 e. The van der Waals surface area contributed by atoms with Crippen LogP contribution in [-0.2, 0) is 14.6 Å². The van der Waals surface area contributed by atoms with Gasteiger partial charge in [-0.2, -0.15) is 4.98 Å². The molecule has 0 saturated carbocycles. The van der Waals surface area contributed by atoms with Crippen molar-refractivity contribution < 1.29 is 13.2 Å². The Morgan fingerprint density at radius 3 is 2.39 bits per heavy atom. The molecule has 2 saturated heterocycles. The van der Waals surface area contributed by atoms with E-state index in [0.29, 0.717) is 42.6 Å². The summed E-state index contributed by atoms with van der Waals surface area (Å²) in [7, 11) is -1.93. The minimum absolute atomic E-state index is 0.0400. The Bertz CT molecular complexity index is 1900. The summed E-state index contributed by atoms with van der Waals surface area (Å²) in [6.45, 7) is 12.4. The molecular formula is C31H40N8O4S. The van der Waals surface area contributed by atoms with Gasteiger partial charge in [-0.25, -0.2) is 18.1 Å². The van der Waals surface area contributed by atoms with Gasteiger partial charge in [-0.3, -0.25) is 14.5 Å². The van der Waals surface area contributed by atoms with Crippen LogP contribution in [-0.4, -0.2) is 102 Å². The lowest BCUT2D eigenvalue weighted by Gasteiger charge is -2.44. The maximum Gasteiger partial charge on any atom is 0.281 e. The summed E-state index contributed by atoms with van der Waals surface area (Å²) in [5.41, 5.74) is 1.72. The Balaban J connectivity index is 1.23. The molecule has 0 atom stereocenters. The maximum atomic E-state index is 13.6. The normalized spacial score (nSPS) is 17.9. The van der Waals surface area contributed by atoms with E-state index in [1.807, 2.05) is 32.9 Å². The largest absolute Gasteiger partial charge is 0.369 e. The highest BCUT2D eigenvalue weighted by atomic mass is 32.2. The first-order valence-corrected chi connectivity index (χ1v) is 16.6. The van der Waals surface area contributed by atoms with Crippen molar-refractivity contribution in [3.63, 3.8) is 0 Å². The third kappa shape index (κ3) is 5.37. The van der Waals surface area contributed by atoms with Crippen LogP contribution in [0.4, 0.5) is 5.69 Å². The van der Waals surface area contributed by atoms with Crippen molar-refractivity contribution in [1.82, 2.24) is 34.9 Å². The fourth-order valence-corrected chi connectivity index (χ4v) is 7.84. The number of benzene rings is 2. The van der Waals surface area contributed by atoms with Crippen LogP contribution in [0.1, 0.15) is 37.8 Å². The van der Waals surface area contributed by atoms with Crippen LogP contribution in [0.3, 0.4) is 0 Å². The predicted molar refractivity (Wildman–Crippen MR) is 169 cm³/mol. The summed E-state index contributed by atoms with van der Waals surface area (Å²) in [6.07, 6.45) is 1.94. The molecule has 0 bridgehead atoms. The molecule has 0 aliphatic carbocycles. The number of piperazine rings is 1. The number of amides is 1. The zero-order valence-electron chi connectivity index (χ0n) is 25.9. The van der Waals surface area contributed by atoms with Gasteiger partial charge in [-0.15, -0.1) is 5.10 Å². The average Bonchev–Trinajstić information content (AvgIpc) is 3.43. The highest BCUT2D eigenvalue weighted by Crippen LogP contribution is 2.28. The molecule has 44 heavy (non-hydrogen) atoms. The van der Waals surface area contributed by atoms with Crippen LogP contribution in [0.2, 0.25) is 0 Å². The van der Waals surface area contributed by atoms with Gasteiger partial charge in [0, 0.05) is 37.9 Å². The van der Waals surface area contributed by atoms with Gasteiger partial charge in [0.25, 0.3) is 5.56 Å². The van der Waals surface area contributed by atoms with Gasteiger partial charge >= 0.3 is 0 Å². The number of anilines is 1. The molecule has 2 N–H and O–H groups in total. The van der Waals surface area contributed by atoms with E-state index in [1.54, 1.807) is 31.2 Å². The van der Waals surface area contributed by atoms with Crippen LogP contribution in [0.15, 0.2) is 51.1 Å². The van der Waals surface area contributed by atoms with Crippen LogP contribution in [0, 0.1) is 13.8 Å². The zero-order chi connectivity index (χ0) is 31.4. The molecule has 1 amide bonds. The fraction of sp³-hybridized carbons (Fsp3) is 0.484. The van der Waals surface area contributed by atoms with E-state index in [1.165, 1.54) is 4.52 Å². The minimum atomic E-state index is -4.04. The zero-order valence-corrected chi connectivity index (χ0v) is 26.7. The first kappa shape index (κ1) is 30.2. The number of aryl methyl sites for hydroxylation is 2. The number of hydrogen-bond donors (Lipinski definition) is 2. The first-order chi connectivity index (χ1) is 20.9. The molecule has 0 radical (unpaired) electrons. The van der Waals surface area contributed by atoms with Crippen molar-refractivity contribution in [3.8, 4) is 0 Å². The second kappa shape index (κ2) is 11.3. The van der Waals surface area contributed by atoms with E-state index in [2.05, 4.69) is 42.4 Å². The molecule has 4 aromatic rings. The lowest BCUT2D eigenvalue weighted by Crippen LogP contribution is -2.62. The molecule has 2 aliphatic heterocycles. The summed E-state index contributed by atoms with van der Waals surface area (Å²) in [5, 5.41) is 10.3. The standard InChI is InChI=1S/C31H40N8O4S/c1-20-6-9-26(21(2)18-20)44(42,43)29-27-33-28(40)24-8-7-23(19-25(24)39(27)35-34-29)37-14-16-38(17-15-37)31(3,4)30(41)32-22-10-12-36(5)13-11-22/h6-9,18-19,22,35H,10-17H2,1-5H3,(H,32,41). The monoisotopic (exact) mass is 620 g/mol. The summed E-state index contributed by atoms with van der Waals surface area (Å²) < 4.78 is 28.7. The van der Waals surface area contributed by atoms with Crippen molar-refractivity contribution in [2.24, 2.45) is 0 Å². The summed E-state index contributed by atoms with van der Waals surface area (Å²) in [4.78, 5) is 37.3. The number of nitrogens with zero attached hydrogens (tertiary/aromatic N) is 6. The van der Waals surface area contributed by atoms with Crippen LogP contribution >= 0.6 is 0 Å². The summed E-state index contributed by atoms with van der Waals surface area (Å²) in [5.74, 6) is 0.0614. The Hall–Kier alpha value is -3.81. The number of nitrogens with one attached hydrogen (secondary N) is 2. The second-order valence-corrected chi connectivity index (χ2v) is 14.5. The van der Waals surface area contributed by atoms with E-state index in [9.17, 15) is 18.0 Å². The number of sulfone groups is 1. The van der Waals surface area contributed by atoms with Crippen molar-refractivity contribution in [2.45, 2.75) is 62.0 Å². The summed E-state index contributed by atoms with van der Waals surface area (Å²) in [6, 6.07) is 10.8. The average molecular weight is 621 g/mol. The van der Waals surface area contributed by atoms with Gasteiger partial charge in [0.1, 0.15) is 0 Å².